The number of aliphatic hydroxyl groups excluding tert-OH is 2. The third-order valence-electron chi connectivity index (χ3n) is 2.58. The average Bonchev–Trinajstić information content (AvgIpc) is 2.45. The molecule has 74 valence electrons. The largest absolute Gasteiger partial charge is 0.392 e. The minimum Gasteiger partial charge on any atom is -0.392 e. The highest BCUT2D eigenvalue weighted by Gasteiger charge is 2.36. The van der Waals surface area contributed by atoms with Gasteiger partial charge in [0.25, 0.3) is 0 Å². The van der Waals surface area contributed by atoms with Crippen molar-refractivity contribution in [2.75, 3.05) is 19.6 Å². The lowest BCUT2D eigenvalue weighted by Gasteiger charge is -2.37. The molecule has 2 heterocycles. The minimum atomic E-state index is -0.403. The SMILES string of the molecule is O=C(C1CC(O)CN1)N1CC(O)C1. The number of carbonyl (C=O) groups is 1. The summed E-state index contributed by atoms with van der Waals surface area (Å²) in [5.41, 5.74) is 0. The topological polar surface area (TPSA) is 72.8 Å². The van der Waals surface area contributed by atoms with Crippen LogP contribution in [0.15, 0.2) is 0 Å². The van der Waals surface area contributed by atoms with Crippen LogP contribution in [0.1, 0.15) is 6.42 Å². The van der Waals surface area contributed by atoms with Crippen LogP contribution in [-0.2, 0) is 4.79 Å². The van der Waals surface area contributed by atoms with E-state index in [2.05, 4.69) is 5.32 Å². The second kappa shape index (κ2) is 3.25. The van der Waals surface area contributed by atoms with Gasteiger partial charge in [0.1, 0.15) is 0 Å². The Morgan fingerprint density at radius 2 is 2.00 bits per heavy atom. The number of likely N-dealkylation sites (tertiary alicyclic amines) is 1. The van der Waals surface area contributed by atoms with Gasteiger partial charge >= 0.3 is 0 Å². The third kappa shape index (κ3) is 1.67. The molecule has 2 unspecified atom stereocenters. The molecule has 0 aromatic heterocycles. The normalized spacial score (nSPS) is 34.8. The first-order chi connectivity index (χ1) is 6.16. The Kier molecular flexibility index (Phi) is 2.23. The van der Waals surface area contributed by atoms with Crippen molar-refractivity contribution in [2.24, 2.45) is 0 Å². The summed E-state index contributed by atoms with van der Waals surface area (Å²) < 4.78 is 0. The maximum absolute atomic E-state index is 11.6. The van der Waals surface area contributed by atoms with Gasteiger partial charge in [0, 0.05) is 19.6 Å². The molecule has 2 saturated heterocycles. The number of carbonyl (C=O) groups excluding carboxylic acids is 1. The maximum atomic E-state index is 11.6. The molecule has 0 bridgehead atoms. The summed E-state index contributed by atoms with van der Waals surface area (Å²) in [7, 11) is 0. The lowest BCUT2D eigenvalue weighted by Crippen LogP contribution is -2.57. The van der Waals surface area contributed by atoms with E-state index in [1.54, 1.807) is 4.90 Å². The number of rotatable bonds is 1. The highest BCUT2D eigenvalue weighted by Crippen LogP contribution is 2.14. The van der Waals surface area contributed by atoms with E-state index in [-0.39, 0.29) is 18.1 Å². The first kappa shape index (κ1) is 8.93. The first-order valence-electron chi connectivity index (χ1n) is 4.55. The van der Waals surface area contributed by atoms with E-state index in [0.29, 0.717) is 26.1 Å². The quantitative estimate of drug-likeness (QED) is 0.439. The van der Waals surface area contributed by atoms with Gasteiger partial charge in [0.2, 0.25) is 5.91 Å². The van der Waals surface area contributed by atoms with Crippen LogP contribution in [0.3, 0.4) is 0 Å². The Balaban J connectivity index is 1.84. The fourth-order valence-corrected chi connectivity index (χ4v) is 1.76. The van der Waals surface area contributed by atoms with Gasteiger partial charge in [-0.2, -0.15) is 0 Å². The van der Waals surface area contributed by atoms with Gasteiger partial charge in [-0.1, -0.05) is 0 Å². The van der Waals surface area contributed by atoms with Crippen molar-refractivity contribution in [3.63, 3.8) is 0 Å². The predicted molar refractivity (Wildman–Crippen MR) is 45.0 cm³/mol. The number of hydrogen-bond acceptors (Lipinski definition) is 4. The second-order valence-corrected chi connectivity index (χ2v) is 3.75. The van der Waals surface area contributed by atoms with Crippen LogP contribution in [0.4, 0.5) is 0 Å². The molecule has 2 atom stereocenters. The van der Waals surface area contributed by atoms with Gasteiger partial charge in [-0.15, -0.1) is 0 Å². The highest BCUT2D eigenvalue weighted by atomic mass is 16.3. The Labute approximate surface area is 76.3 Å². The molecule has 3 N–H and O–H groups in total. The molecular weight excluding hydrogens is 172 g/mol. The van der Waals surface area contributed by atoms with Crippen LogP contribution in [-0.4, -0.2) is 58.9 Å². The van der Waals surface area contributed by atoms with Crippen molar-refractivity contribution in [3.8, 4) is 0 Å². The monoisotopic (exact) mass is 186 g/mol. The van der Waals surface area contributed by atoms with E-state index in [1.807, 2.05) is 0 Å². The zero-order valence-corrected chi connectivity index (χ0v) is 7.31. The van der Waals surface area contributed by atoms with Crippen molar-refractivity contribution in [1.82, 2.24) is 10.2 Å². The smallest absolute Gasteiger partial charge is 0.239 e. The Hall–Kier alpha value is -0.650. The van der Waals surface area contributed by atoms with Gasteiger partial charge in [-0.25, -0.2) is 0 Å². The molecule has 0 saturated carbocycles. The summed E-state index contributed by atoms with van der Waals surface area (Å²) in [5, 5.41) is 21.1. The summed E-state index contributed by atoms with van der Waals surface area (Å²) in [6, 6.07) is -0.248. The van der Waals surface area contributed by atoms with Crippen LogP contribution in [0.25, 0.3) is 0 Å². The molecule has 2 rings (SSSR count). The second-order valence-electron chi connectivity index (χ2n) is 3.75. The van der Waals surface area contributed by atoms with Crippen molar-refractivity contribution < 1.29 is 15.0 Å². The molecule has 13 heavy (non-hydrogen) atoms. The summed E-state index contributed by atoms with van der Waals surface area (Å²) in [5.74, 6) is 0.00171. The van der Waals surface area contributed by atoms with Gasteiger partial charge < -0.3 is 20.4 Å². The molecule has 0 radical (unpaired) electrons. The summed E-state index contributed by atoms with van der Waals surface area (Å²) in [4.78, 5) is 13.2. The van der Waals surface area contributed by atoms with Gasteiger partial charge in [-0.05, 0) is 6.42 Å². The molecule has 2 fully saturated rings. The molecule has 1 amide bonds. The number of amides is 1. The van der Waals surface area contributed by atoms with Crippen LogP contribution < -0.4 is 5.32 Å². The fraction of sp³-hybridized carbons (Fsp3) is 0.875. The van der Waals surface area contributed by atoms with Gasteiger partial charge in [0.15, 0.2) is 0 Å². The lowest BCUT2D eigenvalue weighted by molar-refractivity contribution is -0.143. The third-order valence-corrected chi connectivity index (χ3v) is 2.58. The number of nitrogens with zero attached hydrogens (tertiary/aromatic N) is 1. The molecule has 2 aliphatic rings. The van der Waals surface area contributed by atoms with Crippen LogP contribution in [0, 0.1) is 0 Å². The number of aliphatic hydroxyl groups is 2. The zero-order valence-electron chi connectivity index (χ0n) is 7.31. The standard InChI is InChI=1S/C8H14N2O3/c11-5-1-7(9-2-5)8(13)10-3-6(12)4-10/h5-7,9,11-12H,1-4H2. The van der Waals surface area contributed by atoms with E-state index in [9.17, 15) is 9.90 Å². The van der Waals surface area contributed by atoms with E-state index in [0.717, 1.165) is 0 Å². The first-order valence-corrected chi connectivity index (χ1v) is 4.55. The van der Waals surface area contributed by atoms with Gasteiger partial charge in [-0.3, -0.25) is 4.79 Å². The molecule has 0 aliphatic carbocycles. The molecule has 5 nitrogen and oxygen atoms in total. The summed E-state index contributed by atoms with van der Waals surface area (Å²) >= 11 is 0. The zero-order chi connectivity index (χ0) is 9.42. The van der Waals surface area contributed by atoms with Crippen LogP contribution in [0.2, 0.25) is 0 Å². The minimum absolute atomic E-state index is 0.00171. The molecule has 0 aromatic carbocycles. The molecule has 0 spiro atoms. The Bertz CT molecular complexity index is 215. The summed E-state index contributed by atoms with van der Waals surface area (Å²) in [6.45, 7) is 1.37. The molecule has 2 aliphatic heterocycles. The predicted octanol–water partition coefficient (Wildman–Crippen LogP) is -2.09. The van der Waals surface area contributed by atoms with Crippen molar-refractivity contribution in [2.45, 2.75) is 24.7 Å². The number of nitrogens with one attached hydrogen (secondary N) is 1. The average molecular weight is 186 g/mol. The molecule has 0 aromatic rings. The lowest BCUT2D eigenvalue weighted by atomic mass is 10.1. The highest BCUT2D eigenvalue weighted by molar-refractivity contribution is 5.83. The van der Waals surface area contributed by atoms with Crippen LogP contribution in [0.5, 0.6) is 0 Å². The fourth-order valence-electron chi connectivity index (χ4n) is 1.76. The Morgan fingerprint density at radius 3 is 2.46 bits per heavy atom. The van der Waals surface area contributed by atoms with Crippen molar-refractivity contribution in [3.05, 3.63) is 0 Å². The number of hydrogen-bond donors (Lipinski definition) is 3. The van der Waals surface area contributed by atoms with E-state index in [1.165, 1.54) is 0 Å². The number of β-amino-alcohol motifs (C(OH)–C–C–N with tert-alkyl or cyclic N) is 2. The molecular formula is C8H14N2O3. The maximum Gasteiger partial charge on any atom is 0.239 e. The van der Waals surface area contributed by atoms with E-state index in [4.69, 9.17) is 5.11 Å². The van der Waals surface area contributed by atoms with Crippen molar-refractivity contribution >= 4 is 5.91 Å². The van der Waals surface area contributed by atoms with E-state index < -0.39 is 6.10 Å². The van der Waals surface area contributed by atoms with Gasteiger partial charge in [0.05, 0.1) is 18.2 Å². The summed E-state index contributed by atoms with van der Waals surface area (Å²) in [6.07, 6.45) is -0.263. The van der Waals surface area contributed by atoms with Crippen LogP contribution >= 0.6 is 0 Å². The van der Waals surface area contributed by atoms with E-state index >= 15 is 0 Å². The van der Waals surface area contributed by atoms with Crippen molar-refractivity contribution in [1.29, 1.82) is 0 Å². The molecule has 5 heteroatoms. The Morgan fingerprint density at radius 1 is 1.31 bits per heavy atom.